The van der Waals surface area contributed by atoms with Crippen LogP contribution >= 0.6 is 0 Å². The Morgan fingerprint density at radius 2 is 1.88 bits per heavy atom. The first-order valence-corrected chi connectivity index (χ1v) is 10.2. The lowest BCUT2D eigenvalue weighted by Gasteiger charge is -2.29. The van der Waals surface area contributed by atoms with Crippen LogP contribution in [0.4, 0.5) is 8.78 Å². The number of nitrogens with zero attached hydrogens (tertiary/aromatic N) is 4. The molecule has 0 saturated carbocycles. The molecule has 2 aliphatic rings. The predicted octanol–water partition coefficient (Wildman–Crippen LogP) is 1.89. The Bertz CT molecular complexity index is 1270. The minimum Gasteiger partial charge on any atom is -0.487 e. The van der Waals surface area contributed by atoms with Crippen LogP contribution in [0.2, 0.25) is 0 Å². The monoisotopic (exact) mass is 453 g/mol. The number of fused-ring (bicyclic) bond motifs is 1. The highest BCUT2D eigenvalue weighted by atomic mass is 19.1. The van der Waals surface area contributed by atoms with Gasteiger partial charge in [0.1, 0.15) is 35.7 Å². The van der Waals surface area contributed by atoms with Gasteiger partial charge in [0.15, 0.2) is 0 Å². The zero-order chi connectivity index (χ0) is 23.1. The van der Waals surface area contributed by atoms with E-state index in [1.165, 1.54) is 9.58 Å². The van der Waals surface area contributed by atoms with Crippen molar-refractivity contribution in [2.75, 3.05) is 0 Å². The molecular formula is C22H17F2N5O4. The topological polar surface area (TPSA) is 106 Å². The van der Waals surface area contributed by atoms with E-state index in [9.17, 15) is 23.2 Å². The molecule has 1 atom stereocenters. The van der Waals surface area contributed by atoms with Crippen LogP contribution in [-0.2, 0) is 22.7 Å². The molecule has 33 heavy (non-hydrogen) atoms. The minimum atomic E-state index is -0.743. The molecule has 1 saturated heterocycles. The summed E-state index contributed by atoms with van der Waals surface area (Å²) in [5.74, 6) is -2.52. The first-order chi connectivity index (χ1) is 15.9. The largest absolute Gasteiger partial charge is 0.487 e. The van der Waals surface area contributed by atoms with Crippen molar-refractivity contribution in [2.24, 2.45) is 0 Å². The van der Waals surface area contributed by atoms with Gasteiger partial charge in [-0.05, 0) is 30.2 Å². The Morgan fingerprint density at radius 1 is 1.09 bits per heavy atom. The number of carbonyl (C=O) groups is 3. The van der Waals surface area contributed by atoms with Gasteiger partial charge in [0.05, 0.1) is 11.9 Å². The second-order valence-electron chi connectivity index (χ2n) is 7.79. The number of ether oxygens (including phenoxy) is 1. The molecule has 1 fully saturated rings. The van der Waals surface area contributed by atoms with Crippen LogP contribution < -0.4 is 10.1 Å². The number of aromatic nitrogens is 3. The summed E-state index contributed by atoms with van der Waals surface area (Å²) in [6.07, 6.45) is 2.08. The van der Waals surface area contributed by atoms with E-state index in [2.05, 4.69) is 15.6 Å². The van der Waals surface area contributed by atoms with Crippen LogP contribution in [0, 0.1) is 11.6 Å². The van der Waals surface area contributed by atoms with Gasteiger partial charge in [-0.2, -0.15) is 0 Å². The highest BCUT2D eigenvalue weighted by molar-refractivity contribution is 6.05. The maximum Gasteiger partial charge on any atom is 0.255 e. The van der Waals surface area contributed by atoms with Gasteiger partial charge >= 0.3 is 0 Å². The van der Waals surface area contributed by atoms with Gasteiger partial charge in [-0.1, -0.05) is 5.21 Å². The third-order valence-electron chi connectivity index (χ3n) is 5.54. The first kappa shape index (κ1) is 20.7. The molecule has 0 aliphatic carbocycles. The normalized spacial score (nSPS) is 17.8. The molecule has 168 valence electrons. The number of rotatable bonds is 5. The van der Waals surface area contributed by atoms with E-state index in [4.69, 9.17) is 4.74 Å². The van der Waals surface area contributed by atoms with Crippen molar-refractivity contribution in [3.63, 3.8) is 0 Å². The smallest absolute Gasteiger partial charge is 0.255 e. The van der Waals surface area contributed by atoms with E-state index in [0.29, 0.717) is 23.4 Å². The van der Waals surface area contributed by atoms with E-state index in [1.54, 1.807) is 24.4 Å². The third kappa shape index (κ3) is 4.04. The second kappa shape index (κ2) is 8.08. The molecule has 9 nitrogen and oxygen atoms in total. The molecule has 2 aliphatic heterocycles. The average Bonchev–Trinajstić information content (AvgIpc) is 3.36. The number of piperidine rings is 1. The molecule has 1 unspecified atom stereocenters. The maximum absolute atomic E-state index is 13.3. The van der Waals surface area contributed by atoms with Crippen LogP contribution in [-0.4, -0.2) is 43.7 Å². The molecule has 5 rings (SSSR count). The number of halogens is 2. The summed E-state index contributed by atoms with van der Waals surface area (Å²) < 4.78 is 33.4. The summed E-state index contributed by atoms with van der Waals surface area (Å²) in [4.78, 5) is 37.8. The molecule has 3 aromatic rings. The number of carbonyl (C=O) groups excluding carboxylic acids is 3. The van der Waals surface area contributed by atoms with Crippen molar-refractivity contribution in [2.45, 2.75) is 32.0 Å². The number of hydrogen-bond acceptors (Lipinski definition) is 6. The van der Waals surface area contributed by atoms with Gasteiger partial charge in [0, 0.05) is 36.7 Å². The van der Waals surface area contributed by atoms with Gasteiger partial charge in [0.2, 0.25) is 11.8 Å². The third-order valence-corrected chi connectivity index (χ3v) is 5.54. The molecular weight excluding hydrogens is 436 g/mol. The number of hydrogen-bond donors (Lipinski definition) is 1. The van der Waals surface area contributed by atoms with Crippen molar-refractivity contribution in [3.8, 4) is 11.4 Å². The van der Waals surface area contributed by atoms with E-state index < -0.39 is 23.6 Å². The Kier molecular flexibility index (Phi) is 5.08. The Balaban J connectivity index is 1.30. The van der Waals surface area contributed by atoms with Crippen molar-refractivity contribution >= 4 is 17.7 Å². The first-order valence-electron chi connectivity index (χ1n) is 10.2. The van der Waals surface area contributed by atoms with Gasteiger partial charge < -0.3 is 9.64 Å². The van der Waals surface area contributed by atoms with Crippen molar-refractivity contribution in [3.05, 3.63) is 71.1 Å². The minimum absolute atomic E-state index is 0.0339. The lowest BCUT2D eigenvalue weighted by atomic mass is 10.0. The Labute approximate surface area is 185 Å². The number of benzene rings is 2. The summed E-state index contributed by atoms with van der Waals surface area (Å²) in [7, 11) is 0. The fourth-order valence-corrected chi connectivity index (χ4v) is 3.96. The molecule has 11 heteroatoms. The van der Waals surface area contributed by atoms with Gasteiger partial charge in [-0.3, -0.25) is 19.7 Å². The van der Waals surface area contributed by atoms with Gasteiger partial charge in [0.25, 0.3) is 5.91 Å². The summed E-state index contributed by atoms with van der Waals surface area (Å²) >= 11 is 0. The van der Waals surface area contributed by atoms with Crippen molar-refractivity contribution in [1.82, 2.24) is 25.2 Å². The Morgan fingerprint density at radius 3 is 2.64 bits per heavy atom. The summed E-state index contributed by atoms with van der Waals surface area (Å²) in [6, 6.07) is 7.34. The number of imide groups is 1. The summed E-state index contributed by atoms with van der Waals surface area (Å²) in [5, 5.41) is 10.3. The Hall–Kier alpha value is -4.15. The quantitative estimate of drug-likeness (QED) is 0.592. The molecule has 0 spiro atoms. The maximum atomic E-state index is 13.3. The van der Waals surface area contributed by atoms with Crippen molar-refractivity contribution in [1.29, 1.82) is 0 Å². The van der Waals surface area contributed by atoms with E-state index in [1.807, 2.05) is 0 Å². The van der Waals surface area contributed by atoms with Gasteiger partial charge in [-0.15, -0.1) is 5.10 Å². The zero-order valence-corrected chi connectivity index (χ0v) is 17.1. The van der Waals surface area contributed by atoms with Crippen LogP contribution in [0.3, 0.4) is 0 Å². The van der Waals surface area contributed by atoms with Crippen LogP contribution in [0.25, 0.3) is 5.69 Å². The highest BCUT2D eigenvalue weighted by Crippen LogP contribution is 2.29. The number of amides is 3. The van der Waals surface area contributed by atoms with Crippen LogP contribution in [0.15, 0.2) is 42.6 Å². The fourth-order valence-electron chi connectivity index (χ4n) is 3.96. The van der Waals surface area contributed by atoms with Crippen molar-refractivity contribution < 1.29 is 27.9 Å². The highest BCUT2D eigenvalue weighted by Gasteiger charge is 2.39. The molecule has 3 heterocycles. The SMILES string of the molecule is O=C1CCC(N2Cc3cc(-n4cc(COc5cc(F)cc(F)c5)nn4)ccc3C2=O)C(=O)N1. The van der Waals surface area contributed by atoms with Gasteiger partial charge in [-0.25, -0.2) is 13.5 Å². The zero-order valence-electron chi connectivity index (χ0n) is 17.1. The molecule has 0 bridgehead atoms. The van der Waals surface area contributed by atoms with E-state index in [-0.39, 0.29) is 37.1 Å². The average molecular weight is 453 g/mol. The van der Waals surface area contributed by atoms with Crippen LogP contribution in [0.5, 0.6) is 5.75 Å². The summed E-state index contributed by atoms with van der Waals surface area (Å²) in [5.41, 5.74) is 2.29. The molecule has 1 aromatic heterocycles. The predicted molar refractivity (Wildman–Crippen MR) is 108 cm³/mol. The number of nitrogens with one attached hydrogen (secondary N) is 1. The second-order valence-corrected chi connectivity index (χ2v) is 7.79. The van der Waals surface area contributed by atoms with Crippen LogP contribution in [0.1, 0.15) is 34.5 Å². The summed E-state index contributed by atoms with van der Waals surface area (Å²) in [6.45, 7) is 0.194. The lowest BCUT2D eigenvalue weighted by molar-refractivity contribution is -0.136. The lowest BCUT2D eigenvalue weighted by Crippen LogP contribution is -2.52. The molecule has 2 aromatic carbocycles. The molecule has 0 radical (unpaired) electrons. The van der Waals surface area contributed by atoms with E-state index in [0.717, 1.165) is 23.8 Å². The molecule has 3 amide bonds. The van der Waals surface area contributed by atoms with E-state index >= 15 is 0 Å². The standard InChI is InChI=1S/C22H17F2N5O4/c23-13-6-14(24)8-17(7-13)33-11-15-10-29(27-26-15)16-1-2-18-12(5-16)9-28(22(18)32)19-3-4-20(30)25-21(19)31/h1-2,5-8,10,19H,3-4,9,11H2,(H,25,30,31). The molecule has 1 N–H and O–H groups in total. The fraction of sp³-hybridized carbons (Fsp3) is 0.227.